The van der Waals surface area contributed by atoms with E-state index in [9.17, 15) is 14.9 Å². The van der Waals surface area contributed by atoms with Gasteiger partial charge in [0.25, 0.3) is 5.91 Å². The molecule has 0 fully saturated rings. The molecule has 0 saturated carbocycles. The van der Waals surface area contributed by atoms with E-state index in [2.05, 4.69) is 5.32 Å². The molecule has 0 unspecified atom stereocenters. The molecule has 30 heavy (non-hydrogen) atoms. The van der Waals surface area contributed by atoms with E-state index in [4.69, 9.17) is 14.2 Å². The normalized spacial score (nSPS) is 11.8. The first-order chi connectivity index (χ1) is 14.4. The maximum Gasteiger partial charge on any atom is 0.349 e. The van der Waals surface area contributed by atoms with Gasteiger partial charge in [-0.3, -0.25) is 4.79 Å². The van der Waals surface area contributed by atoms with Crippen molar-refractivity contribution in [1.82, 2.24) is 5.32 Å². The zero-order valence-corrected chi connectivity index (χ0v) is 17.4. The van der Waals surface area contributed by atoms with Crippen molar-refractivity contribution in [3.05, 3.63) is 64.7 Å². The minimum atomic E-state index is -0.861. The van der Waals surface area contributed by atoms with Crippen molar-refractivity contribution in [2.45, 2.75) is 19.9 Å². The first-order valence-corrected chi connectivity index (χ1v) is 9.24. The number of benzene rings is 2. The Morgan fingerprint density at radius 1 is 1.13 bits per heavy atom. The number of nitrogens with zero attached hydrogens (tertiary/aromatic N) is 1. The van der Waals surface area contributed by atoms with Gasteiger partial charge in [-0.1, -0.05) is 29.8 Å². The fourth-order valence-corrected chi connectivity index (χ4v) is 2.71. The summed E-state index contributed by atoms with van der Waals surface area (Å²) in [4.78, 5) is 24.4. The predicted octanol–water partition coefficient (Wildman–Crippen LogP) is 3.34. The highest BCUT2D eigenvalue weighted by molar-refractivity contribution is 5.98. The zero-order chi connectivity index (χ0) is 22.1. The topological polar surface area (TPSA) is 97.7 Å². The van der Waals surface area contributed by atoms with Gasteiger partial charge in [-0.25, -0.2) is 4.79 Å². The lowest BCUT2D eigenvalue weighted by Crippen LogP contribution is -2.31. The number of aryl methyl sites for hydroxylation is 1. The number of esters is 1. The molecule has 7 heteroatoms. The Morgan fingerprint density at radius 3 is 2.43 bits per heavy atom. The van der Waals surface area contributed by atoms with E-state index >= 15 is 0 Å². The molecule has 2 rings (SSSR count). The van der Waals surface area contributed by atoms with Gasteiger partial charge >= 0.3 is 5.97 Å². The third-order valence-corrected chi connectivity index (χ3v) is 4.34. The Morgan fingerprint density at radius 2 is 1.83 bits per heavy atom. The van der Waals surface area contributed by atoms with Crippen LogP contribution in [0.3, 0.4) is 0 Å². The second-order valence-electron chi connectivity index (χ2n) is 6.55. The standard InChI is InChI=1S/C23H24N2O5/c1-15-5-7-17(8-6-15)11-18(13-24)23(27)30-14-22(26)25-16(2)20-12-19(28-3)9-10-21(20)29-4/h5-12,16H,14H2,1-4H3,(H,25,26)/b18-11+/t16-/m1/s1. The molecule has 1 N–H and O–H groups in total. The van der Waals surface area contributed by atoms with Gasteiger partial charge < -0.3 is 19.5 Å². The van der Waals surface area contributed by atoms with Crippen molar-refractivity contribution in [2.75, 3.05) is 20.8 Å². The smallest absolute Gasteiger partial charge is 0.349 e. The number of amides is 1. The average molecular weight is 408 g/mol. The van der Waals surface area contributed by atoms with E-state index in [0.717, 1.165) is 5.56 Å². The average Bonchev–Trinajstić information content (AvgIpc) is 2.76. The first kappa shape index (κ1) is 22.5. The number of ether oxygens (including phenoxy) is 3. The lowest BCUT2D eigenvalue weighted by Gasteiger charge is -2.18. The van der Waals surface area contributed by atoms with E-state index < -0.39 is 24.5 Å². The van der Waals surface area contributed by atoms with Crippen LogP contribution in [0, 0.1) is 18.3 Å². The molecule has 2 aromatic carbocycles. The summed E-state index contributed by atoms with van der Waals surface area (Å²) in [6, 6.07) is 14.0. The molecular weight excluding hydrogens is 384 g/mol. The fraction of sp³-hybridized carbons (Fsp3) is 0.261. The molecule has 0 aromatic heterocycles. The summed E-state index contributed by atoms with van der Waals surface area (Å²) in [6.45, 7) is 3.20. The highest BCUT2D eigenvalue weighted by Crippen LogP contribution is 2.29. The molecule has 0 bridgehead atoms. The van der Waals surface area contributed by atoms with Gasteiger partial charge in [0.2, 0.25) is 0 Å². The van der Waals surface area contributed by atoms with Crippen molar-refractivity contribution in [1.29, 1.82) is 5.26 Å². The summed E-state index contributed by atoms with van der Waals surface area (Å²) in [5, 5.41) is 12.0. The van der Waals surface area contributed by atoms with E-state index in [1.54, 1.807) is 44.4 Å². The van der Waals surface area contributed by atoms with Crippen LogP contribution in [0.25, 0.3) is 6.08 Å². The number of carbonyl (C=O) groups excluding carboxylic acids is 2. The monoisotopic (exact) mass is 408 g/mol. The number of hydrogen-bond acceptors (Lipinski definition) is 6. The third kappa shape index (κ3) is 6.11. The molecule has 2 aromatic rings. The molecule has 156 valence electrons. The van der Waals surface area contributed by atoms with Crippen molar-refractivity contribution >= 4 is 18.0 Å². The number of carbonyl (C=O) groups is 2. The van der Waals surface area contributed by atoms with Crippen LogP contribution < -0.4 is 14.8 Å². The van der Waals surface area contributed by atoms with Crippen LogP contribution in [0.4, 0.5) is 0 Å². The summed E-state index contributed by atoms with van der Waals surface area (Å²) in [7, 11) is 3.08. The van der Waals surface area contributed by atoms with Crippen LogP contribution in [-0.2, 0) is 14.3 Å². The SMILES string of the molecule is COc1ccc(OC)c([C@@H](C)NC(=O)COC(=O)/C(C#N)=C/c2ccc(C)cc2)c1. The Kier molecular flexibility index (Phi) is 8.00. The van der Waals surface area contributed by atoms with E-state index in [1.165, 1.54) is 13.2 Å². The third-order valence-electron chi connectivity index (χ3n) is 4.34. The van der Waals surface area contributed by atoms with Crippen molar-refractivity contribution in [3.63, 3.8) is 0 Å². The summed E-state index contributed by atoms with van der Waals surface area (Å²) in [5.74, 6) is -0.153. The zero-order valence-electron chi connectivity index (χ0n) is 17.4. The van der Waals surface area contributed by atoms with Crippen molar-refractivity contribution in [3.8, 4) is 17.6 Å². The fourth-order valence-electron chi connectivity index (χ4n) is 2.71. The molecule has 1 amide bonds. The van der Waals surface area contributed by atoms with E-state index in [0.29, 0.717) is 22.6 Å². The Balaban J connectivity index is 1.99. The molecule has 1 atom stereocenters. The molecule has 0 heterocycles. The summed E-state index contributed by atoms with van der Waals surface area (Å²) in [5.41, 5.74) is 2.28. The van der Waals surface area contributed by atoms with Gasteiger partial charge in [-0.15, -0.1) is 0 Å². The maximum absolute atomic E-state index is 12.2. The Hall–Kier alpha value is -3.79. The van der Waals surface area contributed by atoms with Crippen LogP contribution in [-0.4, -0.2) is 32.7 Å². The Bertz CT molecular complexity index is 974. The second kappa shape index (κ2) is 10.7. The molecular formula is C23H24N2O5. The van der Waals surface area contributed by atoms with Crippen LogP contribution in [0.5, 0.6) is 11.5 Å². The van der Waals surface area contributed by atoms with Gasteiger partial charge in [0.15, 0.2) is 6.61 Å². The molecule has 0 spiro atoms. The molecule has 0 aliphatic rings. The molecule has 0 aliphatic heterocycles. The number of methoxy groups -OCH3 is 2. The predicted molar refractivity (Wildman–Crippen MR) is 112 cm³/mol. The summed E-state index contributed by atoms with van der Waals surface area (Å²) in [6.07, 6.45) is 1.42. The highest BCUT2D eigenvalue weighted by atomic mass is 16.5. The lowest BCUT2D eigenvalue weighted by molar-refractivity contribution is -0.144. The highest BCUT2D eigenvalue weighted by Gasteiger charge is 2.17. The van der Waals surface area contributed by atoms with Gasteiger partial charge in [-0.2, -0.15) is 5.26 Å². The lowest BCUT2D eigenvalue weighted by atomic mass is 10.1. The number of nitriles is 1. The van der Waals surface area contributed by atoms with Crippen LogP contribution in [0.1, 0.15) is 29.7 Å². The van der Waals surface area contributed by atoms with Crippen LogP contribution in [0.15, 0.2) is 48.0 Å². The largest absolute Gasteiger partial charge is 0.497 e. The minimum Gasteiger partial charge on any atom is -0.497 e. The van der Waals surface area contributed by atoms with Crippen LogP contribution in [0.2, 0.25) is 0 Å². The number of hydrogen-bond donors (Lipinski definition) is 1. The number of nitrogens with one attached hydrogen (secondary N) is 1. The minimum absolute atomic E-state index is 0.186. The maximum atomic E-state index is 12.2. The van der Waals surface area contributed by atoms with Gasteiger partial charge in [0, 0.05) is 5.56 Å². The Labute approximate surface area is 175 Å². The molecule has 7 nitrogen and oxygen atoms in total. The molecule has 0 saturated heterocycles. The molecule has 0 aliphatic carbocycles. The van der Waals surface area contributed by atoms with E-state index in [1.807, 2.05) is 25.1 Å². The van der Waals surface area contributed by atoms with E-state index in [-0.39, 0.29) is 5.57 Å². The van der Waals surface area contributed by atoms with Gasteiger partial charge in [0.05, 0.1) is 20.3 Å². The first-order valence-electron chi connectivity index (χ1n) is 9.24. The van der Waals surface area contributed by atoms with Crippen molar-refractivity contribution < 1.29 is 23.8 Å². The van der Waals surface area contributed by atoms with Crippen LogP contribution >= 0.6 is 0 Å². The van der Waals surface area contributed by atoms with Gasteiger partial charge in [0.1, 0.15) is 23.1 Å². The van der Waals surface area contributed by atoms with Crippen molar-refractivity contribution in [2.24, 2.45) is 0 Å². The second-order valence-corrected chi connectivity index (χ2v) is 6.55. The molecule has 0 radical (unpaired) electrons. The van der Waals surface area contributed by atoms with Gasteiger partial charge in [-0.05, 0) is 43.7 Å². The number of rotatable bonds is 8. The summed E-state index contributed by atoms with van der Waals surface area (Å²) >= 11 is 0. The quantitative estimate of drug-likeness (QED) is 0.409. The summed E-state index contributed by atoms with van der Waals surface area (Å²) < 4.78 is 15.5.